The second-order valence-electron chi connectivity index (χ2n) is 6.09. The number of carbonyl (C=O) groups is 2. The number of nitro groups is 1. The standard InChI is InChI=1S/C16H22N4O4/c1-10-8-13(6-7-17-10)19-15(21)11(2)18-16(22)12-4-3-5-14(9-12)20(23)24/h3-5,9-11,13,17H,6-8H2,1-2H3,(H,18,22)(H,19,21). The van der Waals surface area contributed by atoms with Crippen molar-refractivity contribution in [3.8, 4) is 0 Å². The first-order valence-corrected chi connectivity index (χ1v) is 7.96. The van der Waals surface area contributed by atoms with E-state index in [-0.39, 0.29) is 23.2 Å². The molecule has 1 heterocycles. The van der Waals surface area contributed by atoms with Gasteiger partial charge in [-0.2, -0.15) is 0 Å². The summed E-state index contributed by atoms with van der Waals surface area (Å²) in [4.78, 5) is 34.6. The second-order valence-corrected chi connectivity index (χ2v) is 6.09. The van der Waals surface area contributed by atoms with Gasteiger partial charge in [0.05, 0.1) is 4.92 Å². The molecule has 0 radical (unpaired) electrons. The number of piperidine rings is 1. The highest BCUT2D eigenvalue weighted by Gasteiger charge is 2.23. The molecule has 0 spiro atoms. The molecule has 3 N–H and O–H groups in total. The zero-order chi connectivity index (χ0) is 17.7. The van der Waals surface area contributed by atoms with Gasteiger partial charge in [-0.3, -0.25) is 19.7 Å². The fourth-order valence-electron chi connectivity index (χ4n) is 2.70. The lowest BCUT2D eigenvalue weighted by atomic mass is 10.0. The van der Waals surface area contributed by atoms with Crippen molar-refractivity contribution in [2.24, 2.45) is 0 Å². The number of benzene rings is 1. The maximum Gasteiger partial charge on any atom is 0.270 e. The van der Waals surface area contributed by atoms with E-state index in [9.17, 15) is 19.7 Å². The van der Waals surface area contributed by atoms with Gasteiger partial charge in [0, 0.05) is 29.8 Å². The molecule has 130 valence electrons. The van der Waals surface area contributed by atoms with Crippen LogP contribution in [-0.2, 0) is 4.79 Å². The third-order valence-electron chi connectivity index (χ3n) is 4.03. The Bertz CT molecular complexity index is 634. The summed E-state index contributed by atoms with van der Waals surface area (Å²) in [6.07, 6.45) is 1.69. The van der Waals surface area contributed by atoms with Crippen LogP contribution in [0.3, 0.4) is 0 Å². The molecule has 1 aromatic rings. The molecular weight excluding hydrogens is 312 g/mol. The number of non-ortho nitro benzene ring substituents is 1. The average Bonchev–Trinajstić information content (AvgIpc) is 2.54. The Morgan fingerprint density at radius 1 is 1.42 bits per heavy atom. The number of hydrogen-bond donors (Lipinski definition) is 3. The normalized spacial score (nSPS) is 21.6. The van der Waals surface area contributed by atoms with E-state index < -0.39 is 16.9 Å². The summed E-state index contributed by atoms with van der Waals surface area (Å²) in [5.74, 6) is -0.770. The maximum absolute atomic E-state index is 12.2. The number of nitrogens with zero attached hydrogens (tertiary/aromatic N) is 1. The first-order valence-electron chi connectivity index (χ1n) is 7.96. The van der Waals surface area contributed by atoms with Crippen LogP contribution in [0.15, 0.2) is 24.3 Å². The summed E-state index contributed by atoms with van der Waals surface area (Å²) in [6.45, 7) is 4.50. The van der Waals surface area contributed by atoms with Crippen LogP contribution in [0.25, 0.3) is 0 Å². The lowest BCUT2D eigenvalue weighted by Gasteiger charge is -2.29. The topological polar surface area (TPSA) is 113 Å². The molecule has 8 nitrogen and oxygen atoms in total. The highest BCUT2D eigenvalue weighted by atomic mass is 16.6. The van der Waals surface area contributed by atoms with E-state index >= 15 is 0 Å². The lowest BCUT2D eigenvalue weighted by molar-refractivity contribution is -0.384. The van der Waals surface area contributed by atoms with Gasteiger partial charge in [0.2, 0.25) is 5.91 Å². The zero-order valence-corrected chi connectivity index (χ0v) is 13.7. The molecule has 8 heteroatoms. The van der Waals surface area contributed by atoms with Crippen molar-refractivity contribution in [1.82, 2.24) is 16.0 Å². The average molecular weight is 334 g/mol. The van der Waals surface area contributed by atoms with Crippen LogP contribution in [0.4, 0.5) is 5.69 Å². The van der Waals surface area contributed by atoms with Gasteiger partial charge in [-0.15, -0.1) is 0 Å². The van der Waals surface area contributed by atoms with E-state index in [1.807, 2.05) is 0 Å². The summed E-state index contributed by atoms with van der Waals surface area (Å²) < 4.78 is 0. The first kappa shape index (κ1) is 17.9. The van der Waals surface area contributed by atoms with Crippen LogP contribution in [0.2, 0.25) is 0 Å². The molecule has 1 aliphatic rings. The molecule has 3 atom stereocenters. The quantitative estimate of drug-likeness (QED) is 0.548. The van der Waals surface area contributed by atoms with Gasteiger partial charge in [-0.05, 0) is 39.3 Å². The smallest absolute Gasteiger partial charge is 0.270 e. The molecule has 0 aliphatic carbocycles. The Morgan fingerprint density at radius 3 is 2.83 bits per heavy atom. The lowest BCUT2D eigenvalue weighted by Crippen LogP contribution is -2.52. The summed E-state index contributed by atoms with van der Waals surface area (Å²) in [6, 6.07) is 5.13. The van der Waals surface area contributed by atoms with Crippen LogP contribution in [0.1, 0.15) is 37.0 Å². The number of amides is 2. The Balaban J connectivity index is 1.92. The van der Waals surface area contributed by atoms with Gasteiger partial charge in [0.15, 0.2) is 0 Å². The molecule has 1 saturated heterocycles. The van der Waals surface area contributed by atoms with Crippen LogP contribution in [0.5, 0.6) is 0 Å². The predicted octanol–water partition coefficient (Wildman–Crippen LogP) is 0.970. The second kappa shape index (κ2) is 7.87. The number of nitro benzene ring substituents is 1. The molecule has 0 bridgehead atoms. The van der Waals surface area contributed by atoms with Gasteiger partial charge < -0.3 is 16.0 Å². The van der Waals surface area contributed by atoms with Gasteiger partial charge in [0.1, 0.15) is 6.04 Å². The zero-order valence-electron chi connectivity index (χ0n) is 13.7. The van der Waals surface area contributed by atoms with Gasteiger partial charge >= 0.3 is 0 Å². The van der Waals surface area contributed by atoms with E-state index in [2.05, 4.69) is 22.9 Å². The highest BCUT2D eigenvalue weighted by molar-refractivity contribution is 5.97. The Hall–Kier alpha value is -2.48. The highest BCUT2D eigenvalue weighted by Crippen LogP contribution is 2.13. The molecule has 1 fully saturated rings. The minimum atomic E-state index is -0.720. The maximum atomic E-state index is 12.2. The van der Waals surface area contributed by atoms with E-state index in [0.717, 1.165) is 19.4 Å². The minimum absolute atomic E-state index is 0.0888. The van der Waals surface area contributed by atoms with Crippen molar-refractivity contribution in [3.63, 3.8) is 0 Å². The van der Waals surface area contributed by atoms with E-state index in [1.54, 1.807) is 6.92 Å². The van der Waals surface area contributed by atoms with Crippen molar-refractivity contribution in [1.29, 1.82) is 0 Å². The molecular formula is C16H22N4O4. The minimum Gasteiger partial charge on any atom is -0.351 e. The molecule has 1 aromatic carbocycles. The molecule has 24 heavy (non-hydrogen) atoms. The molecule has 2 amide bonds. The summed E-state index contributed by atoms with van der Waals surface area (Å²) >= 11 is 0. The Labute approximate surface area is 140 Å². The van der Waals surface area contributed by atoms with Crippen LogP contribution in [-0.4, -0.2) is 41.4 Å². The van der Waals surface area contributed by atoms with Crippen LogP contribution in [0, 0.1) is 10.1 Å². The van der Waals surface area contributed by atoms with Crippen LogP contribution < -0.4 is 16.0 Å². The van der Waals surface area contributed by atoms with E-state index in [4.69, 9.17) is 0 Å². The number of carbonyl (C=O) groups excluding carboxylic acids is 2. The van der Waals surface area contributed by atoms with Gasteiger partial charge in [-0.25, -0.2) is 0 Å². The van der Waals surface area contributed by atoms with Crippen molar-refractivity contribution < 1.29 is 14.5 Å². The van der Waals surface area contributed by atoms with Crippen molar-refractivity contribution in [2.75, 3.05) is 6.54 Å². The molecule has 1 aliphatic heterocycles. The Kier molecular flexibility index (Phi) is 5.86. The van der Waals surface area contributed by atoms with Crippen LogP contribution >= 0.6 is 0 Å². The predicted molar refractivity (Wildman–Crippen MR) is 88.7 cm³/mol. The van der Waals surface area contributed by atoms with Crippen molar-refractivity contribution in [3.05, 3.63) is 39.9 Å². The summed E-state index contributed by atoms with van der Waals surface area (Å²) in [5.41, 5.74) is -0.0113. The SMILES string of the molecule is CC1CC(NC(=O)C(C)NC(=O)c2cccc([N+](=O)[O-])c2)CCN1. The molecule has 0 saturated carbocycles. The molecule has 2 rings (SSSR count). The summed E-state index contributed by atoms with van der Waals surface area (Å²) in [7, 11) is 0. The van der Waals surface area contributed by atoms with Gasteiger partial charge in [0.25, 0.3) is 11.6 Å². The number of rotatable bonds is 5. The first-order chi connectivity index (χ1) is 11.4. The van der Waals surface area contributed by atoms with Crippen molar-refractivity contribution >= 4 is 17.5 Å². The van der Waals surface area contributed by atoms with Crippen molar-refractivity contribution in [2.45, 2.75) is 44.8 Å². The molecule has 0 aromatic heterocycles. The largest absolute Gasteiger partial charge is 0.351 e. The fourth-order valence-corrected chi connectivity index (χ4v) is 2.70. The van der Waals surface area contributed by atoms with E-state index in [1.165, 1.54) is 24.3 Å². The molecule has 3 unspecified atom stereocenters. The third kappa shape index (κ3) is 4.76. The Morgan fingerprint density at radius 2 is 2.17 bits per heavy atom. The monoisotopic (exact) mass is 334 g/mol. The van der Waals surface area contributed by atoms with Gasteiger partial charge in [-0.1, -0.05) is 6.07 Å². The fraction of sp³-hybridized carbons (Fsp3) is 0.500. The number of nitrogens with one attached hydrogen (secondary N) is 3. The number of hydrogen-bond acceptors (Lipinski definition) is 5. The third-order valence-corrected chi connectivity index (χ3v) is 4.03. The van der Waals surface area contributed by atoms with E-state index in [0.29, 0.717) is 6.04 Å². The summed E-state index contributed by atoms with van der Waals surface area (Å²) in [5, 5.41) is 19.6.